The second-order valence-electron chi connectivity index (χ2n) is 3.59. The fourth-order valence-corrected chi connectivity index (χ4v) is 1.71. The summed E-state index contributed by atoms with van der Waals surface area (Å²) < 4.78 is 35.1. The van der Waals surface area contributed by atoms with E-state index >= 15 is 0 Å². The van der Waals surface area contributed by atoms with Crippen molar-refractivity contribution in [1.29, 1.82) is 0 Å². The van der Waals surface area contributed by atoms with Gasteiger partial charge in [-0.25, -0.2) is 0 Å². The Hall–Kier alpha value is -0.200. The van der Waals surface area contributed by atoms with Gasteiger partial charge < -0.3 is 5.32 Å². The molecule has 0 spiro atoms. The Morgan fingerprint density at radius 3 is 1.94 bits per heavy atom. The van der Waals surface area contributed by atoms with Gasteiger partial charge >= 0.3 is 0 Å². The van der Waals surface area contributed by atoms with Crippen LogP contribution in [0, 0.1) is 0 Å². The van der Waals surface area contributed by atoms with Gasteiger partial charge in [-0.3, -0.25) is 0 Å². The Morgan fingerprint density at radius 1 is 1.06 bits per heavy atom. The molecule has 0 unspecified atom stereocenters. The van der Waals surface area contributed by atoms with Crippen molar-refractivity contribution in [2.24, 2.45) is 0 Å². The molecule has 0 bridgehead atoms. The number of halogens is 1. The van der Waals surface area contributed by atoms with E-state index in [2.05, 4.69) is 16.6 Å². The zero-order chi connectivity index (χ0) is 12.9. The monoisotopic (exact) mass is 257 g/mol. The van der Waals surface area contributed by atoms with E-state index in [0.29, 0.717) is 6.42 Å². The van der Waals surface area contributed by atoms with Crippen LogP contribution < -0.4 is 5.32 Å². The first-order valence-electron chi connectivity index (χ1n) is 5.65. The molecule has 0 aromatic carbocycles. The molecule has 6 heteroatoms. The van der Waals surface area contributed by atoms with Gasteiger partial charge in [-0.15, -0.1) is 0 Å². The molecule has 0 aromatic heterocycles. The van der Waals surface area contributed by atoms with Gasteiger partial charge in [-0.05, 0) is 25.0 Å². The normalized spacial score (nSPS) is 10.8. The van der Waals surface area contributed by atoms with E-state index in [9.17, 15) is 12.9 Å². The third kappa shape index (κ3) is 16.2. The van der Waals surface area contributed by atoms with E-state index in [1.54, 1.807) is 0 Å². The van der Waals surface area contributed by atoms with Gasteiger partial charge in [0, 0.05) is 0 Å². The minimum Gasteiger partial charge on any atom is -0.323 e. The zero-order valence-electron chi connectivity index (χ0n) is 10.5. The summed E-state index contributed by atoms with van der Waals surface area (Å²) >= 11 is 0. The van der Waals surface area contributed by atoms with Crippen LogP contribution >= 0.6 is 0 Å². The van der Waals surface area contributed by atoms with Crippen molar-refractivity contribution in [3.05, 3.63) is 0 Å². The van der Waals surface area contributed by atoms with Crippen LogP contribution in [0.2, 0.25) is 0 Å². The molecule has 0 saturated carbocycles. The topological polar surface area (TPSA) is 55.4 Å². The average molecular weight is 257 g/mol. The molecule has 0 aromatic rings. The van der Waals surface area contributed by atoms with Crippen LogP contribution in [0.25, 0.3) is 0 Å². The molecule has 0 aliphatic rings. The van der Waals surface area contributed by atoms with Crippen molar-refractivity contribution >= 4 is 10.1 Å². The molecule has 100 valence electrons. The van der Waals surface area contributed by atoms with Crippen LogP contribution in [-0.4, -0.2) is 28.3 Å². The van der Waals surface area contributed by atoms with Gasteiger partial charge in [0.1, 0.15) is 0 Å². The van der Waals surface area contributed by atoms with Gasteiger partial charge in [0.25, 0.3) is 10.1 Å². The summed E-state index contributed by atoms with van der Waals surface area (Å²) in [7, 11) is -0.129. The molecule has 16 heavy (non-hydrogen) atoms. The van der Waals surface area contributed by atoms with E-state index in [-0.39, 0.29) is 5.75 Å². The van der Waals surface area contributed by atoms with E-state index in [1.165, 1.54) is 6.42 Å². The molecule has 0 amide bonds. The number of rotatable bonds is 8. The second kappa shape index (κ2) is 12.9. The first-order valence-corrected chi connectivity index (χ1v) is 7.23. The van der Waals surface area contributed by atoms with E-state index in [0.717, 1.165) is 25.7 Å². The Labute approximate surface area is 98.6 Å². The van der Waals surface area contributed by atoms with E-state index in [1.807, 2.05) is 14.1 Å². The second-order valence-corrected chi connectivity index (χ2v) is 5.24. The fraction of sp³-hybridized carbons (Fsp3) is 1.00. The summed E-state index contributed by atoms with van der Waals surface area (Å²) in [4.78, 5) is 0. The van der Waals surface area contributed by atoms with Crippen molar-refractivity contribution in [1.82, 2.24) is 5.32 Å². The lowest BCUT2D eigenvalue weighted by Crippen LogP contribution is -2.05. The SMILES string of the molecule is CCCCCCCCS(=O)(=O)OF.CNC. The molecular weight excluding hydrogens is 233 g/mol. The lowest BCUT2D eigenvalue weighted by molar-refractivity contribution is 0.00288. The smallest absolute Gasteiger partial charge is 0.297 e. The van der Waals surface area contributed by atoms with Crippen molar-refractivity contribution < 1.29 is 17.3 Å². The van der Waals surface area contributed by atoms with Gasteiger partial charge in [0.05, 0.1) is 5.75 Å². The summed E-state index contributed by atoms with van der Waals surface area (Å²) in [5.74, 6) is -0.213. The van der Waals surface area contributed by atoms with E-state index < -0.39 is 10.1 Å². The van der Waals surface area contributed by atoms with Gasteiger partial charge in [0.15, 0.2) is 0 Å². The summed E-state index contributed by atoms with van der Waals surface area (Å²) in [6.45, 7) is 2.11. The Bertz CT molecular complexity index is 220. The molecule has 0 radical (unpaired) electrons. The Kier molecular flexibility index (Phi) is 14.6. The van der Waals surface area contributed by atoms with Crippen molar-refractivity contribution in [2.45, 2.75) is 45.4 Å². The molecule has 0 heterocycles. The predicted octanol–water partition coefficient (Wildman–Crippen LogP) is 2.41. The van der Waals surface area contributed by atoms with Crippen molar-refractivity contribution in [3.8, 4) is 0 Å². The summed E-state index contributed by atoms with van der Waals surface area (Å²) in [6, 6.07) is 0. The maximum absolute atomic E-state index is 11.3. The Balaban J connectivity index is 0. The highest BCUT2D eigenvalue weighted by Gasteiger charge is 2.09. The molecule has 0 aliphatic heterocycles. The molecular formula is C10H24FNO3S. The molecule has 0 atom stereocenters. The van der Waals surface area contributed by atoms with Crippen LogP contribution in [0.3, 0.4) is 0 Å². The zero-order valence-corrected chi connectivity index (χ0v) is 11.3. The quantitative estimate of drug-likeness (QED) is 0.678. The number of hydrogen-bond acceptors (Lipinski definition) is 4. The number of hydrogen-bond donors (Lipinski definition) is 1. The summed E-state index contributed by atoms with van der Waals surface area (Å²) in [5, 5.41) is 2.75. The minimum atomic E-state index is -3.88. The predicted molar refractivity (Wildman–Crippen MR) is 64.3 cm³/mol. The third-order valence-corrected chi connectivity index (χ3v) is 2.82. The molecule has 0 aliphatic carbocycles. The van der Waals surface area contributed by atoms with Crippen LogP contribution in [0.5, 0.6) is 0 Å². The van der Waals surface area contributed by atoms with Crippen LogP contribution in [0.4, 0.5) is 4.53 Å². The third-order valence-electron chi connectivity index (χ3n) is 1.84. The van der Waals surface area contributed by atoms with Crippen LogP contribution in [0.1, 0.15) is 45.4 Å². The maximum atomic E-state index is 11.3. The highest BCUT2D eigenvalue weighted by atomic mass is 32.2. The van der Waals surface area contributed by atoms with Crippen molar-refractivity contribution in [2.75, 3.05) is 19.8 Å². The summed E-state index contributed by atoms with van der Waals surface area (Å²) in [5.41, 5.74) is 0. The van der Waals surface area contributed by atoms with Gasteiger partial charge in [-0.1, -0.05) is 43.4 Å². The highest BCUT2D eigenvalue weighted by molar-refractivity contribution is 7.86. The first-order chi connectivity index (χ1) is 7.54. The van der Waals surface area contributed by atoms with Crippen molar-refractivity contribution in [3.63, 3.8) is 0 Å². The lowest BCUT2D eigenvalue weighted by atomic mass is 10.1. The van der Waals surface area contributed by atoms with Gasteiger partial charge in [-0.2, -0.15) is 8.42 Å². The fourth-order valence-electron chi connectivity index (χ4n) is 1.09. The molecule has 4 nitrogen and oxygen atoms in total. The molecule has 0 fully saturated rings. The molecule has 1 N–H and O–H groups in total. The van der Waals surface area contributed by atoms with Crippen LogP contribution in [-0.2, 0) is 14.5 Å². The molecule has 0 saturated heterocycles. The minimum absolute atomic E-state index is 0.213. The largest absolute Gasteiger partial charge is 0.323 e. The van der Waals surface area contributed by atoms with E-state index in [4.69, 9.17) is 0 Å². The number of unbranched alkanes of at least 4 members (excludes halogenated alkanes) is 5. The average Bonchev–Trinajstić information content (AvgIpc) is 2.24. The Morgan fingerprint density at radius 2 is 1.50 bits per heavy atom. The lowest BCUT2D eigenvalue weighted by Gasteiger charge is -1.99. The maximum Gasteiger partial charge on any atom is 0.297 e. The molecule has 0 rings (SSSR count). The van der Waals surface area contributed by atoms with Crippen LogP contribution in [0.15, 0.2) is 0 Å². The highest BCUT2D eigenvalue weighted by Crippen LogP contribution is 2.07. The standard InChI is InChI=1S/C8H17FO3S.C2H7N/c1-2-3-4-5-6-7-8-13(10,11)12-9;1-3-2/h2-8H2,1H3;3H,1-2H3. The number of nitrogens with one attached hydrogen (secondary N) is 1. The first kappa shape index (κ1) is 18.2. The summed E-state index contributed by atoms with van der Waals surface area (Å²) in [6.07, 6.45) is 5.76. The van der Waals surface area contributed by atoms with Gasteiger partial charge in [0.2, 0.25) is 0 Å².